The van der Waals surface area contributed by atoms with Gasteiger partial charge in [0, 0.05) is 21.5 Å². The van der Waals surface area contributed by atoms with Crippen LogP contribution in [0.1, 0.15) is 25.2 Å². The van der Waals surface area contributed by atoms with Gasteiger partial charge in [0.1, 0.15) is 11.6 Å². The van der Waals surface area contributed by atoms with Gasteiger partial charge in [-0.1, -0.05) is 31.5 Å². The Kier molecular flexibility index (Phi) is 7.99. The lowest BCUT2D eigenvalue weighted by molar-refractivity contribution is -0.139. The summed E-state index contributed by atoms with van der Waals surface area (Å²) in [6.45, 7) is 5.73. The third-order valence-electron chi connectivity index (χ3n) is 4.60. The zero-order valence-electron chi connectivity index (χ0n) is 18.3. The molecule has 0 unspecified atom stereocenters. The zero-order chi connectivity index (χ0) is 25.0. The molecule has 0 bridgehead atoms. The largest absolute Gasteiger partial charge is 0.417 e. The van der Waals surface area contributed by atoms with Gasteiger partial charge in [0.2, 0.25) is 0 Å². The van der Waals surface area contributed by atoms with Crippen molar-refractivity contribution in [2.24, 2.45) is 0 Å². The lowest BCUT2D eigenvalue weighted by Gasteiger charge is -2.15. The molecule has 0 saturated heterocycles. The molecule has 0 amide bonds. The van der Waals surface area contributed by atoms with Crippen molar-refractivity contribution in [1.82, 2.24) is 9.97 Å². The highest BCUT2D eigenvalue weighted by Gasteiger charge is 2.33. The monoisotopic (exact) mass is 511 g/mol. The first kappa shape index (κ1) is 25.7. The number of benzene rings is 3. The van der Waals surface area contributed by atoms with Crippen LogP contribution in [0.5, 0.6) is 0 Å². The van der Waals surface area contributed by atoms with Crippen LogP contribution in [0.15, 0.2) is 59.6 Å². The Morgan fingerprint density at radius 3 is 2.41 bits per heavy atom. The Balaban J connectivity index is 0.00000158. The van der Waals surface area contributed by atoms with E-state index in [9.17, 15) is 17.6 Å². The molecule has 3 nitrogen and oxygen atoms in total. The van der Waals surface area contributed by atoms with Crippen LogP contribution < -0.4 is 4.72 Å². The van der Waals surface area contributed by atoms with E-state index in [4.69, 9.17) is 11.6 Å². The summed E-state index contributed by atoms with van der Waals surface area (Å²) in [6.07, 6.45) is -3.07. The number of rotatable bonds is 4. The fourth-order valence-electron chi connectivity index (χ4n) is 3.10. The minimum atomic E-state index is -4.62. The fourth-order valence-corrected chi connectivity index (χ4v) is 4.20. The molecular formula is C24H19ClF5N3S. The molecule has 34 heavy (non-hydrogen) atoms. The molecule has 1 N–H and O–H groups in total. The summed E-state index contributed by atoms with van der Waals surface area (Å²) in [5, 5.41) is 0.685. The molecule has 178 valence electrons. The van der Waals surface area contributed by atoms with E-state index in [1.54, 1.807) is 25.3 Å². The van der Waals surface area contributed by atoms with Crippen LogP contribution in [0.2, 0.25) is 5.02 Å². The van der Waals surface area contributed by atoms with Gasteiger partial charge in [-0.15, -0.1) is 0 Å². The average Bonchev–Trinajstić information content (AvgIpc) is 2.79. The van der Waals surface area contributed by atoms with E-state index in [-0.39, 0.29) is 26.7 Å². The molecule has 0 aliphatic heterocycles. The Labute approximate surface area is 202 Å². The van der Waals surface area contributed by atoms with E-state index >= 15 is 4.39 Å². The highest BCUT2D eigenvalue weighted by atomic mass is 35.5. The molecule has 0 aliphatic rings. The number of nitrogens with one attached hydrogen (secondary N) is 1. The number of fused-ring (bicyclic) bond motifs is 1. The molecule has 1 heterocycles. The summed E-state index contributed by atoms with van der Waals surface area (Å²) in [5.74, 6) is -1.20. The van der Waals surface area contributed by atoms with Gasteiger partial charge >= 0.3 is 6.18 Å². The van der Waals surface area contributed by atoms with Crippen LogP contribution in [0.4, 0.5) is 27.6 Å². The van der Waals surface area contributed by atoms with Crippen LogP contribution in [0, 0.1) is 18.6 Å². The van der Waals surface area contributed by atoms with Gasteiger partial charge in [0.05, 0.1) is 22.3 Å². The zero-order valence-corrected chi connectivity index (χ0v) is 19.8. The first-order valence-electron chi connectivity index (χ1n) is 10.1. The van der Waals surface area contributed by atoms with Crippen molar-refractivity contribution in [3.8, 4) is 11.1 Å². The maximum atomic E-state index is 15.2. The summed E-state index contributed by atoms with van der Waals surface area (Å²) < 4.78 is 72.1. The van der Waals surface area contributed by atoms with E-state index in [0.29, 0.717) is 28.7 Å². The smallest absolute Gasteiger partial charge is 0.323 e. The maximum absolute atomic E-state index is 15.2. The molecule has 3 aromatic carbocycles. The molecule has 0 fully saturated rings. The topological polar surface area (TPSA) is 37.8 Å². The normalized spacial score (nSPS) is 11.2. The average molecular weight is 512 g/mol. The summed E-state index contributed by atoms with van der Waals surface area (Å²) in [6, 6.07) is 9.93. The Morgan fingerprint density at radius 1 is 0.971 bits per heavy atom. The van der Waals surface area contributed by atoms with Gasteiger partial charge in [-0.05, 0) is 66.9 Å². The molecule has 4 aromatic rings. The van der Waals surface area contributed by atoms with Crippen LogP contribution in [0.25, 0.3) is 22.0 Å². The number of nitrogens with zero attached hydrogens (tertiary/aromatic N) is 2. The number of anilines is 1. The van der Waals surface area contributed by atoms with Crippen LogP contribution in [-0.4, -0.2) is 9.97 Å². The van der Waals surface area contributed by atoms with E-state index in [0.717, 1.165) is 30.3 Å². The molecular weight excluding hydrogens is 493 g/mol. The minimum Gasteiger partial charge on any atom is -0.323 e. The number of hydrogen-bond donors (Lipinski definition) is 1. The van der Waals surface area contributed by atoms with Gasteiger partial charge in [0.15, 0.2) is 5.82 Å². The molecule has 0 atom stereocenters. The predicted molar refractivity (Wildman–Crippen MR) is 127 cm³/mol. The Bertz CT molecular complexity index is 1330. The standard InChI is InChI=1S/C22H13ClF5N3S.C2H6/c1-11-29-10-13-8-12(2-6-17(13)30-11)20-16(24)5-7-18(21(20)25)31-32-19-9-14(23)3-4-15(19)22(26,27)28;1-2/h2-10,31H,1H3;1-2H3. The highest BCUT2D eigenvalue weighted by Crippen LogP contribution is 2.39. The van der Waals surface area contributed by atoms with Crippen molar-refractivity contribution in [2.45, 2.75) is 31.8 Å². The lowest BCUT2D eigenvalue weighted by Crippen LogP contribution is -2.07. The number of aromatic nitrogens is 2. The molecule has 10 heteroatoms. The highest BCUT2D eigenvalue weighted by molar-refractivity contribution is 8.00. The van der Waals surface area contributed by atoms with Crippen molar-refractivity contribution in [1.29, 1.82) is 0 Å². The lowest BCUT2D eigenvalue weighted by atomic mass is 10.0. The molecule has 0 saturated carbocycles. The van der Waals surface area contributed by atoms with Crippen molar-refractivity contribution >= 4 is 40.1 Å². The third kappa shape index (κ3) is 5.59. The summed E-state index contributed by atoms with van der Waals surface area (Å²) in [7, 11) is 0. The van der Waals surface area contributed by atoms with Gasteiger partial charge in [-0.3, -0.25) is 0 Å². The molecule has 0 spiro atoms. The van der Waals surface area contributed by atoms with E-state index in [2.05, 4.69) is 14.7 Å². The SMILES string of the molecule is CC.Cc1ncc2cc(-c3c(F)ccc(NSc4cc(Cl)ccc4C(F)(F)F)c3F)ccc2n1. The van der Waals surface area contributed by atoms with Gasteiger partial charge in [-0.2, -0.15) is 13.2 Å². The van der Waals surface area contributed by atoms with Gasteiger partial charge in [0.25, 0.3) is 0 Å². The summed E-state index contributed by atoms with van der Waals surface area (Å²) in [4.78, 5) is 8.10. The summed E-state index contributed by atoms with van der Waals surface area (Å²) >= 11 is 6.35. The number of alkyl halides is 3. The van der Waals surface area contributed by atoms with Gasteiger partial charge in [-0.25, -0.2) is 18.7 Å². The van der Waals surface area contributed by atoms with E-state index in [1.165, 1.54) is 6.07 Å². The van der Waals surface area contributed by atoms with Crippen molar-refractivity contribution < 1.29 is 22.0 Å². The third-order valence-corrected chi connectivity index (χ3v) is 5.71. The second-order valence-electron chi connectivity index (χ2n) is 6.82. The molecule has 4 rings (SSSR count). The molecule has 0 aliphatic carbocycles. The van der Waals surface area contributed by atoms with Crippen molar-refractivity contribution in [2.75, 3.05) is 4.72 Å². The van der Waals surface area contributed by atoms with E-state index in [1.807, 2.05) is 13.8 Å². The van der Waals surface area contributed by atoms with Crippen LogP contribution in [-0.2, 0) is 6.18 Å². The summed E-state index contributed by atoms with van der Waals surface area (Å²) in [5.41, 5.74) is -0.563. The van der Waals surface area contributed by atoms with E-state index < -0.39 is 23.4 Å². The second-order valence-corrected chi connectivity index (χ2v) is 8.10. The second kappa shape index (κ2) is 10.6. The minimum absolute atomic E-state index is 0.0937. The van der Waals surface area contributed by atoms with Crippen LogP contribution in [0.3, 0.4) is 0 Å². The molecule has 0 radical (unpaired) electrons. The number of hydrogen-bond acceptors (Lipinski definition) is 4. The molecule has 1 aromatic heterocycles. The predicted octanol–water partition coefficient (Wildman–Crippen LogP) is 8.70. The van der Waals surface area contributed by atoms with Gasteiger partial charge < -0.3 is 4.72 Å². The quantitative estimate of drug-likeness (QED) is 0.219. The van der Waals surface area contributed by atoms with Crippen LogP contribution >= 0.6 is 23.5 Å². The number of halogens is 6. The Morgan fingerprint density at radius 2 is 1.71 bits per heavy atom. The Hall–Kier alpha value is -2.91. The van der Waals surface area contributed by atoms with Crippen molar-refractivity contribution in [3.63, 3.8) is 0 Å². The number of aryl methyl sites for hydroxylation is 1. The fraction of sp³-hybridized carbons (Fsp3) is 0.167. The first-order valence-corrected chi connectivity index (χ1v) is 11.3. The maximum Gasteiger partial charge on any atom is 0.417 e. The first-order chi connectivity index (χ1) is 16.1. The van der Waals surface area contributed by atoms with Crippen molar-refractivity contribution in [3.05, 3.63) is 82.8 Å².